The molecule has 5 nitrogen and oxygen atoms in total. The molecule has 0 heterocycles. The summed E-state index contributed by atoms with van der Waals surface area (Å²) in [5.41, 5.74) is 0.333. The number of rotatable bonds is 7. The number of urea groups is 1. The highest BCUT2D eigenvalue weighted by Crippen LogP contribution is 2.21. The number of hydrogen-bond donors (Lipinski definition) is 3. The molecule has 0 aromatic heterocycles. The number of carbonyl (C=O) groups is 2. The zero-order valence-electron chi connectivity index (χ0n) is 11.1. The summed E-state index contributed by atoms with van der Waals surface area (Å²) in [6.45, 7) is 0.575. The lowest BCUT2D eigenvalue weighted by molar-refractivity contribution is 0.0698. The molecule has 0 fully saturated rings. The third kappa shape index (κ3) is 5.83. The van der Waals surface area contributed by atoms with E-state index < -0.39 is 5.97 Å². The Bertz CT molecular complexity index is 483. The highest BCUT2D eigenvalue weighted by atomic mass is 79.9. The topological polar surface area (TPSA) is 78.4 Å². The SMILES string of the molecule is CSCCCCNC(=O)Nc1ccc(Br)cc1C(=O)O. The molecule has 110 valence electrons. The Morgan fingerprint density at radius 2 is 2.10 bits per heavy atom. The van der Waals surface area contributed by atoms with E-state index in [0.717, 1.165) is 18.6 Å². The normalized spacial score (nSPS) is 10.1. The summed E-state index contributed by atoms with van der Waals surface area (Å²) >= 11 is 4.97. The van der Waals surface area contributed by atoms with Crippen molar-refractivity contribution in [1.29, 1.82) is 0 Å². The van der Waals surface area contributed by atoms with Gasteiger partial charge < -0.3 is 15.7 Å². The fourth-order valence-electron chi connectivity index (χ4n) is 1.54. The van der Waals surface area contributed by atoms with Crippen LogP contribution in [-0.2, 0) is 0 Å². The van der Waals surface area contributed by atoms with Crippen LogP contribution in [-0.4, -0.2) is 35.7 Å². The van der Waals surface area contributed by atoms with Crippen molar-refractivity contribution in [3.63, 3.8) is 0 Å². The van der Waals surface area contributed by atoms with Gasteiger partial charge in [-0.2, -0.15) is 11.8 Å². The first-order chi connectivity index (χ1) is 9.54. The third-order valence-electron chi connectivity index (χ3n) is 2.52. The minimum atomic E-state index is -1.08. The Kier molecular flexibility index (Phi) is 7.46. The standard InChI is InChI=1S/C13H17BrN2O3S/c1-20-7-3-2-6-15-13(19)16-11-5-4-9(14)8-10(11)12(17)18/h4-5,8H,2-3,6-7H2,1H3,(H,17,18)(H2,15,16,19). The van der Waals surface area contributed by atoms with E-state index in [1.54, 1.807) is 23.9 Å². The highest BCUT2D eigenvalue weighted by Gasteiger charge is 2.12. The molecule has 0 atom stereocenters. The lowest BCUT2D eigenvalue weighted by atomic mass is 10.2. The zero-order chi connectivity index (χ0) is 15.0. The van der Waals surface area contributed by atoms with Gasteiger partial charge in [0.15, 0.2) is 0 Å². The molecule has 20 heavy (non-hydrogen) atoms. The molecule has 7 heteroatoms. The number of carboxylic acids is 1. The molecule has 1 rings (SSSR count). The van der Waals surface area contributed by atoms with Crippen LogP contribution in [0.25, 0.3) is 0 Å². The summed E-state index contributed by atoms with van der Waals surface area (Å²) in [4.78, 5) is 22.8. The number of carboxylic acid groups (broad SMARTS) is 1. The molecule has 0 saturated heterocycles. The molecule has 0 aliphatic heterocycles. The van der Waals surface area contributed by atoms with Crippen molar-refractivity contribution in [1.82, 2.24) is 5.32 Å². The van der Waals surface area contributed by atoms with Crippen molar-refractivity contribution in [2.45, 2.75) is 12.8 Å². The largest absolute Gasteiger partial charge is 0.478 e. The number of thioether (sulfide) groups is 1. The molecule has 0 radical (unpaired) electrons. The van der Waals surface area contributed by atoms with Gasteiger partial charge in [-0.1, -0.05) is 15.9 Å². The van der Waals surface area contributed by atoms with Crippen molar-refractivity contribution >= 4 is 45.4 Å². The second-order valence-corrected chi connectivity index (χ2v) is 5.98. The van der Waals surface area contributed by atoms with E-state index in [1.807, 2.05) is 6.26 Å². The summed E-state index contributed by atoms with van der Waals surface area (Å²) < 4.78 is 0.651. The van der Waals surface area contributed by atoms with Crippen molar-refractivity contribution < 1.29 is 14.7 Å². The molecule has 2 amide bonds. The number of hydrogen-bond acceptors (Lipinski definition) is 3. The average Bonchev–Trinajstić information content (AvgIpc) is 2.40. The van der Waals surface area contributed by atoms with Crippen LogP contribution in [0.15, 0.2) is 22.7 Å². The van der Waals surface area contributed by atoms with Crippen molar-refractivity contribution in [3.05, 3.63) is 28.2 Å². The maximum absolute atomic E-state index is 11.7. The third-order valence-corrected chi connectivity index (χ3v) is 3.71. The summed E-state index contributed by atoms with van der Waals surface area (Å²) in [7, 11) is 0. The van der Waals surface area contributed by atoms with Crippen molar-refractivity contribution in [3.8, 4) is 0 Å². The molecule has 0 spiro atoms. The van der Waals surface area contributed by atoms with E-state index in [-0.39, 0.29) is 17.3 Å². The molecule has 0 saturated carbocycles. The van der Waals surface area contributed by atoms with Gasteiger partial charge in [-0.15, -0.1) is 0 Å². The summed E-state index contributed by atoms with van der Waals surface area (Å²) in [6.07, 6.45) is 3.99. The van der Waals surface area contributed by atoms with Gasteiger partial charge >= 0.3 is 12.0 Å². The number of carbonyl (C=O) groups excluding carboxylic acids is 1. The quantitative estimate of drug-likeness (QED) is 0.651. The first-order valence-electron chi connectivity index (χ1n) is 6.11. The van der Waals surface area contributed by atoms with E-state index in [2.05, 4.69) is 26.6 Å². The average molecular weight is 361 g/mol. The van der Waals surface area contributed by atoms with Crippen molar-refractivity contribution in [2.75, 3.05) is 23.9 Å². The maximum Gasteiger partial charge on any atom is 0.337 e. The van der Waals surface area contributed by atoms with Gasteiger partial charge in [0.1, 0.15) is 0 Å². The molecule has 3 N–H and O–H groups in total. The summed E-state index contributed by atoms with van der Waals surface area (Å²) in [5, 5.41) is 14.3. The van der Waals surface area contributed by atoms with Crippen LogP contribution in [0.2, 0.25) is 0 Å². The minimum absolute atomic E-state index is 0.0527. The van der Waals surface area contributed by atoms with Crippen LogP contribution in [0, 0.1) is 0 Å². The van der Waals surface area contributed by atoms with Crippen LogP contribution in [0.1, 0.15) is 23.2 Å². The van der Waals surface area contributed by atoms with Crippen LogP contribution < -0.4 is 10.6 Å². The molecule has 1 aromatic carbocycles. The predicted molar refractivity (Wildman–Crippen MR) is 85.7 cm³/mol. The molecule has 0 aliphatic carbocycles. The number of nitrogens with one attached hydrogen (secondary N) is 2. The van der Waals surface area contributed by atoms with Gasteiger partial charge in [0.2, 0.25) is 0 Å². The smallest absolute Gasteiger partial charge is 0.337 e. The summed E-state index contributed by atoms with van der Waals surface area (Å²) in [6, 6.07) is 4.30. The second kappa shape index (κ2) is 8.86. The molecule has 0 aliphatic rings. The predicted octanol–water partition coefficient (Wildman–Crippen LogP) is 3.41. The van der Waals surface area contributed by atoms with E-state index in [1.165, 1.54) is 6.07 Å². The van der Waals surface area contributed by atoms with E-state index >= 15 is 0 Å². The number of amides is 2. The first-order valence-corrected chi connectivity index (χ1v) is 8.30. The van der Waals surface area contributed by atoms with Gasteiger partial charge in [0.25, 0.3) is 0 Å². The number of benzene rings is 1. The van der Waals surface area contributed by atoms with Crippen LogP contribution in [0.4, 0.5) is 10.5 Å². The Labute approximate surface area is 130 Å². The molecular formula is C13H17BrN2O3S. The van der Waals surface area contributed by atoms with Gasteiger partial charge in [-0.25, -0.2) is 9.59 Å². The van der Waals surface area contributed by atoms with Crippen LogP contribution in [0.5, 0.6) is 0 Å². The maximum atomic E-state index is 11.7. The molecular weight excluding hydrogens is 344 g/mol. The Morgan fingerprint density at radius 3 is 2.75 bits per heavy atom. The Balaban J connectivity index is 2.51. The van der Waals surface area contributed by atoms with E-state index in [9.17, 15) is 9.59 Å². The molecule has 0 unspecified atom stereocenters. The van der Waals surface area contributed by atoms with Gasteiger partial charge in [0.05, 0.1) is 11.3 Å². The number of anilines is 1. The molecule has 1 aromatic rings. The van der Waals surface area contributed by atoms with E-state index in [0.29, 0.717) is 11.0 Å². The fraction of sp³-hybridized carbons (Fsp3) is 0.385. The number of halogens is 1. The number of aromatic carboxylic acids is 1. The van der Waals surface area contributed by atoms with Crippen LogP contribution >= 0.6 is 27.7 Å². The molecule has 0 bridgehead atoms. The van der Waals surface area contributed by atoms with Gasteiger partial charge in [0, 0.05) is 11.0 Å². The monoisotopic (exact) mass is 360 g/mol. The lowest BCUT2D eigenvalue weighted by Crippen LogP contribution is -2.30. The first kappa shape index (κ1) is 16.8. The lowest BCUT2D eigenvalue weighted by Gasteiger charge is -2.10. The zero-order valence-corrected chi connectivity index (χ0v) is 13.5. The second-order valence-electron chi connectivity index (χ2n) is 4.08. The van der Waals surface area contributed by atoms with E-state index in [4.69, 9.17) is 5.11 Å². The van der Waals surface area contributed by atoms with Gasteiger partial charge in [-0.05, 0) is 43.0 Å². The van der Waals surface area contributed by atoms with Gasteiger partial charge in [-0.3, -0.25) is 0 Å². The number of unbranched alkanes of at least 4 members (excludes halogenated alkanes) is 1. The Morgan fingerprint density at radius 1 is 1.35 bits per heavy atom. The highest BCUT2D eigenvalue weighted by molar-refractivity contribution is 9.10. The summed E-state index contributed by atoms with van der Waals surface area (Å²) in [5.74, 6) is -0.0133. The minimum Gasteiger partial charge on any atom is -0.478 e. The Hall–Kier alpha value is -1.21. The fourth-order valence-corrected chi connectivity index (χ4v) is 2.40. The van der Waals surface area contributed by atoms with Crippen LogP contribution in [0.3, 0.4) is 0 Å². The van der Waals surface area contributed by atoms with Crippen molar-refractivity contribution in [2.24, 2.45) is 0 Å².